The first-order chi connectivity index (χ1) is 14.2. The highest BCUT2D eigenvalue weighted by Gasteiger charge is 2.29. The molecule has 0 aliphatic carbocycles. The van der Waals surface area contributed by atoms with Crippen LogP contribution in [0.1, 0.15) is 26.7 Å². The maximum absolute atomic E-state index is 4.78. The van der Waals surface area contributed by atoms with E-state index in [-0.39, 0.29) is 0 Å². The van der Waals surface area contributed by atoms with Crippen molar-refractivity contribution >= 4 is 0 Å². The molecule has 0 radical (unpaired) electrons. The third-order valence-electron chi connectivity index (χ3n) is 5.87. The fraction of sp³-hybridized carbons (Fsp3) is 0.391. The number of aromatic nitrogens is 4. The van der Waals surface area contributed by atoms with Crippen molar-refractivity contribution in [3.05, 3.63) is 61.7 Å². The Hall–Kier alpha value is -2.70. The zero-order valence-corrected chi connectivity index (χ0v) is 17.3. The molecule has 0 saturated carbocycles. The number of hydrogen-bond donors (Lipinski definition) is 2. The number of benzene rings is 1. The number of nitrogens with one attached hydrogen (secondary N) is 2. The van der Waals surface area contributed by atoms with Gasteiger partial charge in [-0.3, -0.25) is 15.5 Å². The Morgan fingerprint density at radius 1 is 1.10 bits per heavy atom. The summed E-state index contributed by atoms with van der Waals surface area (Å²) in [4.78, 5) is 4.78. The second-order valence-electron chi connectivity index (χ2n) is 7.91. The van der Waals surface area contributed by atoms with Crippen molar-refractivity contribution in [2.75, 3.05) is 0 Å². The summed E-state index contributed by atoms with van der Waals surface area (Å²) < 4.78 is 4.19. The van der Waals surface area contributed by atoms with Gasteiger partial charge >= 0.3 is 0 Å². The topological polar surface area (TPSA) is 59.7 Å². The Labute approximate surface area is 172 Å². The SMILES string of the molecule is C=CCn1cc(-c2c(-c3ccccc3)ncn2CCCC2C(C)NNC2C)cn1. The van der Waals surface area contributed by atoms with Gasteiger partial charge in [-0.2, -0.15) is 5.10 Å². The summed E-state index contributed by atoms with van der Waals surface area (Å²) in [5.41, 5.74) is 11.1. The largest absolute Gasteiger partial charge is 0.330 e. The van der Waals surface area contributed by atoms with Crippen LogP contribution in [0.4, 0.5) is 0 Å². The minimum absolute atomic E-state index is 0.504. The molecule has 1 aromatic carbocycles. The number of hydrogen-bond acceptors (Lipinski definition) is 4. The van der Waals surface area contributed by atoms with Crippen LogP contribution < -0.4 is 10.9 Å². The van der Waals surface area contributed by atoms with Crippen LogP contribution in [-0.2, 0) is 13.1 Å². The monoisotopic (exact) mass is 390 g/mol. The van der Waals surface area contributed by atoms with E-state index in [0.29, 0.717) is 24.5 Å². The van der Waals surface area contributed by atoms with Gasteiger partial charge in [0.05, 0.1) is 30.5 Å². The fourth-order valence-electron chi connectivity index (χ4n) is 4.29. The van der Waals surface area contributed by atoms with Gasteiger partial charge in [0, 0.05) is 36.0 Å². The lowest BCUT2D eigenvalue weighted by molar-refractivity contribution is 0.390. The number of imidazole rings is 1. The van der Waals surface area contributed by atoms with Crippen LogP contribution in [0.15, 0.2) is 61.7 Å². The molecule has 2 aromatic heterocycles. The van der Waals surface area contributed by atoms with Crippen LogP contribution in [0.2, 0.25) is 0 Å². The molecule has 1 aliphatic heterocycles. The average Bonchev–Trinajstić information content (AvgIpc) is 3.44. The number of rotatable bonds is 8. The Morgan fingerprint density at radius 3 is 2.59 bits per heavy atom. The van der Waals surface area contributed by atoms with E-state index in [1.165, 1.54) is 6.42 Å². The van der Waals surface area contributed by atoms with E-state index >= 15 is 0 Å². The van der Waals surface area contributed by atoms with Crippen molar-refractivity contribution in [2.24, 2.45) is 5.92 Å². The Bertz CT molecular complexity index is 931. The van der Waals surface area contributed by atoms with Crippen LogP contribution >= 0.6 is 0 Å². The molecule has 3 aromatic rings. The number of hydrazine groups is 1. The quantitative estimate of drug-likeness (QED) is 0.573. The number of allylic oxidation sites excluding steroid dienone is 1. The summed E-state index contributed by atoms with van der Waals surface area (Å²) in [5, 5.41) is 4.49. The first kappa shape index (κ1) is 19.6. The normalized spacial score (nSPS) is 21.5. The molecule has 1 fully saturated rings. The van der Waals surface area contributed by atoms with E-state index in [2.05, 4.69) is 71.4 Å². The highest BCUT2D eigenvalue weighted by Crippen LogP contribution is 2.31. The van der Waals surface area contributed by atoms with Gasteiger partial charge in [-0.25, -0.2) is 4.98 Å². The summed E-state index contributed by atoms with van der Waals surface area (Å²) in [7, 11) is 0. The van der Waals surface area contributed by atoms with Gasteiger partial charge in [-0.05, 0) is 32.6 Å². The molecule has 0 spiro atoms. The summed E-state index contributed by atoms with van der Waals surface area (Å²) in [5.74, 6) is 0.644. The van der Waals surface area contributed by atoms with Crippen molar-refractivity contribution in [1.29, 1.82) is 0 Å². The number of nitrogens with zero attached hydrogens (tertiary/aromatic N) is 4. The molecule has 0 amide bonds. The second-order valence-corrected chi connectivity index (χ2v) is 7.91. The molecule has 2 N–H and O–H groups in total. The van der Waals surface area contributed by atoms with Crippen LogP contribution in [-0.4, -0.2) is 31.4 Å². The molecule has 6 nitrogen and oxygen atoms in total. The second kappa shape index (κ2) is 8.76. The van der Waals surface area contributed by atoms with Crippen molar-refractivity contribution in [2.45, 2.75) is 51.9 Å². The highest BCUT2D eigenvalue weighted by atomic mass is 15.4. The van der Waals surface area contributed by atoms with E-state index in [4.69, 9.17) is 4.98 Å². The summed E-state index contributed by atoms with van der Waals surface area (Å²) >= 11 is 0. The predicted molar refractivity (Wildman–Crippen MR) is 117 cm³/mol. The van der Waals surface area contributed by atoms with Crippen LogP contribution in [0.25, 0.3) is 22.5 Å². The maximum atomic E-state index is 4.78. The van der Waals surface area contributed by atoms with Gasteiger partial charge in [-0.15, -0.1) is 6.58 Å². The average molecular weight is 391 g/mol. The number of aryl methyl sites for hydroxylation is 1. The van der Waals surface area contributed by atoms with E-state index in [1.807, 2.05) is 29.3 Å². The third-order valence-corrected chi connectivity index (χ3v) is 5.87. The summed E-state index contributed by atoms with van der Waals surface area (Å²) in [6.07, 6.45) is 10.1. The molecule has 2 atom stereocenters. The lowest BCUT2D eigenvalue weighted by atomic mass is 9.91. The van der Waals surface area contributed by atoms with Crippen molar-refractivity contribution < 1.29 is 0 Å². The predicted octanol–water partition coefficient (Wildman–Crippen LogP) is 3.88. The third kappa shape index (κ3) is 4.18. The Morgan fingerprint density at radius 2 is 1.86 bits per heavy atom. The van der Waals surface area contributed by atoms with Gasteiger partial charge in [-0.1, -0.05) is 36.4 Å². The minimum atomic E-state index is 0.504. The molecular weight excluding hydrogens is 360 g/mol. The van der Waals surface area contributed by atoms with Crippen molar-refractivity contribution in [1.82, 2.24) is 30.2 Å². The smallest absolute Gasteiger partial charge is 0.0964 e. The standard InChI is InChI=1S/C23H30N6/c1-4-12-29-15-20(14-25-29)23-22(19-9-6-5-7-10-19)24-16-28(23)13-8-11-21-17(2)26-27-18(21)3/h4-7,9-10,14-18,21,26-27H,1,8,11-13H2,2-3H3. The van der Waals surface area contributed by atoms with Crippen LogP contribution in [0.5, 0.6) is 0 Å². The van der Waals surface area contributed by atoms with Gasteiger partial charge in [0.1, 0.15) is 0 Å². The molecule has 152 valence electrons. The molecule has 1 aliphatic rings. The molecule has 4 rings (SSSR count). The molecule has 3 heterocycles. The molecular formula is C23H30N6. The highest BCUT2D eigenvalue weighted by molar-refractivity contribution is 5.78. The van der Waals surface area contributed by atoms with E-state index in [1.54, 1.807) is 0 Å². The van der Waals surface area contributed by atoms with E-state index < -0.39 is 0 Å². The van der Waals surface area contributed by atoms with Crippen LogP contribution in [0.3, 0.4) is 0 Å². The van der Waals surface area contributed by atoms with Crippen molar-refractivity contribution in [3.8, 4) is 22.5 Å². The zero-order chi connectivity index (χ0) is 20.2. The summed E-state index contributed by atoms with van der Waals surface area (Å²) in [6, 6.07) is 11.4. The molecule has 0 bridgehead atoms. The lowest BCUT2D eigenvalue weighted by Crippen LogP contribution is -2.30. The fourth-order valence-corrected chi connectivity index (χ4v) is 4.29. The molecule has 6 heteroatoms. The van der Waals surface area contributed by atoms with Crippen molar-refractivity contribution in [3.63, 3.8) is 0 Å². The van der Waals surface area contributed by atoms with Crippen LogP contribution in [0, 0.1) is 5.92 Å². The molecule has 2 unspecified atom stereocenters. The van der Waals surface area contributed by atoms with E-state index in [0.717, 1.165) is 35.5 Å². The molecule has 29 heavy (non-hydrogen) atoms. The lowest BCUT2D eigenvalue weighted by Gasteiger charge is -2.18. The van der Waals surface area contributed by atoms with E-state index in [9.17, 15) is 0 Å². The summed E-state index contributed by atoms with van der Waals surface area (Å²) in [6.45, 7) is 9.97. The van der Waals surface area contributed by atoms with Gasteiger partial charge in [0.15, 0.2) is 0 Å². The van der Waals surface area contributed by atoms with Gasteiger partial charge in [0.2, 0.25) is 0 Å². The molecule has 1 saturated heterocycles. The Balaban J connectivity index is 1.59. The van der Waals surface area contributed by atoms with Gasteiger partial charge < -0.3 is 4.57 Å². The Kier molecular flexibility index (Phi) is 5.92. The minimum Gasteiger partial charge on any atom is -0.330 e. The zero-order valence-electron chi connectivity index (χ0n) is 17.3. The first-order valence-electron chi connectivity index (χ1n) is 10.4. The van der Waals surface area contributed by atoms with Gasteiger partial charge in [0.25, 0.3) is 0 Å². The maximum Gasteiger partial charge on any atom is 0.0964 e. The first-order valence-corrected chi connectivity index (χ1v) is 10.4.